The number of rotatable bonds is 5. The quantitative estimate of drug-likeness (QED) is 0.530. The molecule has 15 heavy (non-hydrogen) atoms. The standard InChI is InChI=1S/C11H17NO3/c1-2-8-3-4-10(14)5-9(8)6-12-11(15)7-13/h3-5,11-15H,2,6-7H2,1H3. The normalized spacial score (nSPS) is 12.7. The zero-order valence-corrected chi connectivity index (χ0v) is 8.77. The van der Waals surface area contributed by atoms with Crippen LogP contribution >= 0.6 is 0 Å². The molecule has 0 radical (unpaired) electrons. The van der Waals surface area contributed by atoms with Gasteiger partial charge in [-0.3, -0.25) is 5.32 Å². The van der Waals surface area contributed by atoms with Crippen molar-refractivity contribution in [3.63, 3.8) is 0 Å². The molecule has 0 heterocycles. The van der Waals surface area contributed by atoms with Crippen molar-refractivity contribution in [2.24, 2.45) is 0 Å². The van der Waals surface area contributed by atoms with Crippen LogP contribution in [0.15, 0.2) is 18.2 Å². The molecule has 0 aliphatic carbocycles. The van der Waals surface area contributed by atoms with E-state index in [0.717, 1.165) is 17.5 Å². The fourth-order valence-electron chi connectivity index (χ4n) is 1.41. The fourth-order valence-corrected chi connectivity index (χ4v) is 1.41. The van der Waals surface area contributed by atoms with Crippen LogP contribution in [0.4, 0.5) is 0 Å². The van der Waals surface area contributed by atoms with Crippen molar-refractivity contribution < 1.29 is 15.3 Å². The summed E-state index contributed by atoms with van der Waals surface area (Å²) >= 11 is 0. The van der Waals surface area contributed by atoms with Gasteiger partial charge in [-0.1, -0.05) is 13.0 Å². The number of benzene rings is 1. The Morgan fingerprint density at radius 1 is 1.33 bits per heavy atom. The van der Waals surface area contributed by atoms with E-state index in [1.807, 2.05) is 13.0 Å². The summed E-state index contributed by atoms with van der Waals surface area (Å²) in [4.78, 5) is 0. The fraction of sp³-hybridized carbons (Fsp3) is 0.455. The summed E-state index contributed by atoms with van der Waals surface area (Å²) in [6.07, 6.45) is -0.0518. The lowest BCUT2D eigenvalue weighted by molar-refractivity contribution is 0.0665. The van der Waals surface area contributed by atoms with Crippen LogP contribution in [-0.4, -0.2) is 28.2 Å². The van der Waals surface area contributed by atoms with Crippen molar-refractivity contribution in [2.45, 2.75) is 26.1 Å². The van der Waals surface area contributed by atoms with Gasteiger partial charge in [0.05, 0.1) is 6.61 Å². The van der Waals surface area contributed by atoms with E-state index in [1.165, 1.54) is 0 Å². The number of aryl methyl sites for hydroxylation is 1. The zero-order valence-electron chi connectivity index (χ0n) is 8.77. The highest BCUT2D eigenvalue weighted by Crippen LogP contribution is 2.17. The Balaban J connectivity index is 2.69. The molecule has 0 spiro atoms. The van der Waals surface area contributed by atoms with Crippen LogP contribution in [0.5, 0.6) is 5.75 Å². The molecular formula is C11H17NO3. The third-order valence-corrected chi connectivity index (χ3v) is 2.27. The maximum Gasteiger partial charge on any atom is 0.128 e. The molecule has 0 aliphatic rings. The number of phenolic OH excluding ortho intramolecular Hbond substituents is 1. The number of nitrogens with one attached hydrogen (secondary N) is 1. The smallest absolute Gasteiger partial charge is 0.128 e. The van der Waals surface area contributed by atoms with Gasteiger partial charge in [-0.2, -0.15) is 0 Å². The van der Waals surface area contributed by atoms with Gasteiger partial charge in [0.1, 0.15) is 12.0 Å². The molecule has 1 rings (SSSR count). The minimum atomic E-state index is -0.919. The molecule has 1 atom stereocenters. The van der Waals surface area contributed by atoms with Crippen LogP contribution in [0.2, 0.25) is 0 Å². The van der Waals surface area contributed by atoms with Crippen LogP contribution in [0.1, 0.15) is 18.1 Å². The SMILES string of the molecule is CCc1ccc(O)cc1CNC(O)CO. The summed E-state index contributed by atoms with van der Waals surface area (Å²) in [7, 11) is 0. The van der Waals surface area contributed by atoms with Crippen LogP contribution in [0.25, 0.3) is 0 Å². The van der Waals surface area contributed by atoms with Gasteiger partial charge in [0.2, 0.25) is 0 Å². The van der Waals surface area contributed by atoms with E-state index in [-0.39, 0.29) is 12.4 Å². The highest BCUT2D eigenvalue weighted by atomic mass is 16.3. The molecule has 0 aromatic heterocycles. The van der Waals surface area contributed by atoms with Gasteiger partial charge in [-0.05, 0) is 29.7 Å². The highest BCUT2D eigenvalue weighted by molar-refractivity contribution is 5.34. The van der Waals surface area contributed by atoms with Crippen LogP contribution in [0.3, 0.4) is 0 Å². The first-order chi connectivity index (χ1) is 7.17. The summed E-state index contributed by atoms with van der Waals surface area (Å²) in [5.41, 5.74) is 2.05. The third-order valence-electron chi connectivity index (χ3n) is 2.27. The Bertz CT molecular complexity index is 315. The second kappa shape index (κ2) is 5.70. The molecule has 0 aliphatic heterocycles. The van der Waals surface area contributed by atoms with Gasteiger partial charge in [0.25, 0.3) is 0 Å². The first kappa shape index (κ1) is 12.0. The van der Waals surface area contributed by atoms with E-state index in [9.17, 15) is 5.11 Å². The average Bonchev–Trinajstić information content (AvgIpc) is 2.26. The number of aliphatic hydroxyl groups excluding tert-OH is 2. The molecule has 1 aromatic carbocycles. The van der Waals surface area contributed by atoms with Crippen molar-refractivity contribution in [1.29, 1.82) is 0 Å². The molecule has 1 unspecified atom stereocenters. The van der Waals surface area contributed by atoms with E-state index in [2.05, 4.69) is 5.32 Å². The average molecular weight is 211 g/mol. The molecule has 0 fully saturated rings. The van der Waals surface area contributed by atoms with E-state index in [4.69, 9.17) is 10.2 Å². The highest BCUT2D eigenvalue weighted by Gasteiger charge is 2.05. The molecule has 4 N–H and O–H groups in total. The van der Waals surface area contributed by atoms with Crippen molar-refractivity contribution in [3.8, 4) is 5.75 Å². The Labute approximate surface area is 89.2 Å². The van der Waals surface area contributed by atoms with Gasteiger partial charge in [0, 0.05) is 6.54 Å². The van der Waals surface area contributed by atoms with Crippen LogP contribution < -0.4 is 5.32 Å². The van der Waals surface area contributed by atoms with Gasteiger partial charge < -0.3 is 15.3 Å². The Morgan fingerprint density at radius 2 is 2.07 bits per heavy atom. The van der Waals surface area contributed by atoms with Crippen LogP contribution in [0, 0.1) is 0 Å². The number of hydrogen-bond donors (Lipinski definition) is 4. The molecule has 0 bridgehead atoms. The number of phenols is 1. The summed E-state index contributed by atoms with van der Waals surface area (Å²) < 4.78 is 0. The number of hydrogen-bond acceptors (Lipinski definition) is 4. The summed E-state index contributed by atoms with van der Waals surface area (Å²) in [6.45, 7) is 2.14. The lowest BCUT2D eigenvalue weighted by atomic mass is 10.0. The molecule has 4 heteroatoms. The maximum atomic E-state index is 9.32. The first-order valence-electron chi connectivity index (χ1n) is 5.00. The second-order valence-corrected chi connectivity index (χ2v) is 3.39. The second-order valence-electron chi connectivity index (χ2n) is 3.39. The zero-order chi connectivity index (χ0) is 11.3. The van der Waals surface area contributed by atoms with Gasteiger partial charge in [0.15, 0.2) is 0 Å². The minimum Gasteiger partial charge on any atom is -0.508 e. The van der Waals surface area contributed by atoms with Crippen molar-refractivity contribution >= 4 is 0 Å². The summed E-state index contributed by atoms with van der Waals surface area (Å²) in [6, 6.07) is 5.17. The van der Waals surface area contributed by atoms with E-state index < -0.39 is 6.23 Å². The predicted molar refractivity (Wildman–Crippen MR) is 57.4 cm³/mol. The van der Waals surface area contributed by atoms with Gasteiger partial charge in [-0.25, -0.2) is 0 Å². The first-order valence-corrected chi connectivity index (χ1v) is 5.00. The maximum absolute atomic E-state index is 9.32. The lowest BCUT2D eigenvalue weighted by Gasteiger charge is -2.12. The van der Waals surface area contributed by atoms with Crippen molar-refractivity contribution in [2.75, 3.05) is 6.61 Å². The Morgan fingerprint density at radius 3 is 2.67 bits per heavy atom. The largest absolute Gasteiger partial charge is 0.508 e. The topological polar surface area (TPSA) is 72.7 Å². The van der Waals surface area contributed by atoms with Crippen molar-refractivity contribution in [1.82, 2.24) is 5.32 Å². The van der Waals surface area contributed by atoms with E-state index >= 15 is 0 Å². The molecule has 1 aromatic rings. The lowest BCUT2D eigenvalue weighted by Crippen LogP contribution is -2.31. The van der Waals surface area contributed by atoms with Gasteiger partial charge >= 0.3 is 0 Å². The van der Waals surface area contributed by atoms with E-state index in [0.29, 0.717) is 6.54 Å². The van der Waals surface area contributed by atoms with Gasteiger partial charge in [-0.15, -0.1) is 0 Å². The molecular weight excluding hydrogens is 194 g/mol. The number of aromatic hydroxyl groups is 1. The number of aliphatic hydroxyl groups is 2. The van der Waals surface area contributed by atoms with Crippen molar-refractivity contribution in [3.05, 3.63) is 29.3 Å². The molecule has 0 amide bonds. The van der Waals surface area contributed by atoms with E-state index in [1.54, 1.807) is 12.1 Å². The summed E-state index contributed by atoms with van der Waals surface area (Å²) in [5, 5.41) is 29.8. The monoisotopic (exact) mass is 211 g/mol. The predicted octanol–water partition coefficient (Wildman–Crippen LogP) is 0.355. The third kappa shape index (κ3) is 3.51. The molecule has 0 saturated heterocycles. The molecule has 4 nitrogen and oxygen atoms in total. The molecule has 0 saturated carbocycles. The summed E-state index contributed by atoms with van der Waals surface area (Å²) in [5.74, 6) is 0.211. The Hall–Kier alpha value is -1.10. The van der Waals surface area contributed by atoms with Crippen LogP contribution in [-0.2, 0) is 13.0 Å². The minimum absolute atomic E-state index is 0.211. The molecule has 84 valence electrons. The Kier molecular flexibility index (Phi) is 4.55.